The van der Waals surface area contributed by atoms with E-state index in [1.807, 2.05) is 30.3 Å². The molecular weight excluding hydrogens is 472 g/mol. The Balaban J connectivity index is 2.18. The second-order valence-corrected chi connectivity index (χ2v) is 9.98. The van der Waals surface area contributed by atoms with Gasteiger partial charge in [-0.05, 0) is 45.0 Å². The van der Waals surface area contributed by atoms with E-state index in [9.17, 15) is 9.36 Å². The van der Waals surface area contributed by atoms with Crippen LogP contribution in [0.4, 0.5) is 5.69 Å². The van der Waals surface area contributed by atoms with Gasteiger partial charge in [0.05, 0.1) is 24.6 Å². The van der Waals surface area contributed by atoms with Crippen molar-refractivity contribution in [1.29, 1.82) is 0 Å². The fourth-order valence-corrected chi connectivity index (χ4v) is 6.01. The molecule has 0 saturated carbocycles. The van der Waals surface area contributed by atoms with E-state index in [1.165, 1.54) is 4.68 Å². The summed E-state index contributed by atoms with van der Waals surface area (Å²) < 4.78 is 28.3. The predicted molar refractivity (Wildman–Crippen MR) is 129 cm³/mol. The van der Waals surface area contributed by atoms with Crippen molar-refractivity contribution in [3.8, 4) is 5.69 Å². The molecule has 0 unspecified atom stereocenters. The van der Waals surface area contributed by atoms with Crippen LogP contribution >= 0.6 is 30.8 Å². The van der Waals surface area contributed by atoms with Gasteiger partial charge in [-0.25, -0.2) is 4.68 Å². The molecule has 0 bridgehead atoms. The number of benzene rings is 2. The fraction of sp³-hybridized carbons (Fsp3) is 0.318. The van der Waals surface area contributed by atoms with Gasteiger partial charge in [-0.3, -0.25) is 14.0 Å². The summed E-state index contributed by atoms with van der Waals surface area (Å²) in [5.74, 6) is -1.02. The minimum absolute atomic E-state index is 0.155. The van der Waals surface area contributed by atoms with Crippen molar-refractivity contribution in [2.75, 3.05) is 18.5 Å². The van der Waals surface area contributed by atoms with Crippen LogP contribution in [-0.2, 0) is 20.7 Å². The molecule has 10 heteroatoms. The van der Waals surface area contributed by atoms with E-state index in [1.54, 1.807) is 50.7 Å². The third-order valence-corrected chi connectivity index (χ3v) is 7.86. The third-order valence-electron chi connectivity index (χ3n) is 5.03. The van der Waals surface area contributed by atoms with E-state index in [0.29, 0.717) is 22.0 Å². The lowest BCUT2D eigenvalue weighted by molar-refractivity contribution is 0.214. The Hall–Kier alpha value is -2.02. The minimum Gasteiger partial charge on any atom is -0.362 e. The van der Waals surface area contributed by atoms with Crippen LogP contribution < -0.4 is 10.9 Å². The van der Waals surface area contributed by atoms with Gasteiger partial charge in [0, 0.05) is 22.7 Å². The van der Waals surface area contributed by atoms with Gasteiger partial charge >= 0.3 is 7.60 Å². The van der Waals surface area contributed by atoms with Crippen molar-refractivity contribution in [2.24, 2.45) is 7.05 Å². The molecule has 172 valence electrons. The zero-order valence-electron chi connectivity index (χ0n) is 18.3. The van der Waals surface area contributed by atoms with Gasteiger partial charge < -0.3 is 14.4 Å². The van der Waals surface area contributed by atoms with Crippen LogP contribution in [0.1, 0.15) is 30.9 Å². The highest BCUT2D eigenvalue weighted by Crippen LogP contribution is 2.61. The molecule has 2 aromatic carbocycles. The van der Waals surface area contributed by atoms with Gasteiger partial charge in [-0.1, -0.05) is 47.5 Å². The second-order valence-electron chi connectivity index (χ2n) is 7.02. The minimum atomic E-state index is -3.77. The standard InChI is InChI=1S/C22H26Cl2N3O4P/c1-5-30-32(29,31-6-2)21(18-13-12-16(23)14-19(18)24)25-20-15(3)26(4)27(22(20)28)17-10-8-7-9-11-17/h7-14,21,25H,5-6H2,1-4H3/t21-/m1/s1. The van der Waals surface area contributed by atoms with Crippen LogP contribution in [0.5, 0.6) is 0 Å². The van der Waals surface area contributed by atoms with Gasteiger partial charge in [0.15, 0.2) is 5.78 Å². The Morgan fingerprint density at radius 2 is 1.69 bits per heavy atom. The monoisotopic (exact) mass is 497 g/mol. The molecule has 0 radical (unpaired) electrons. The predicted octanol–water partition coefficient (Wildman–Crippen LogP) is 6.17. The summed E-state index contributed by atoms with van der Waals surface area (Å²) in [6, 6.07) is 14.1. The van der Waals surface area contributed by atoms with Crippen LogP contribution in [-0.4, -0.2) is 22.6 Å². The van der Waals surface area contributed by atoms with Crippen LogP contribution in [0, 0.1) is 6.92 Å². The highest BCUT2D eigenvalue weighted by Gasteiger charge is 2.39. The second kappa shape index (κ2) is 10.3. The smallest absolute Gasteiger partial charge is 0.357 e. The first-order valence-electron chi connectivity index (χ1n) is 10.2. The van der Waals surface area contributed by atoms with Crippen molar-refractivity contribution < 1.29 is 13.6 Å². The lowest BCUT2D eigenvalue weighted by Crippen LogP contribution is -2.23. The van der Waals surface area contributed by atoms with Gasteiger partial charge in [0.1, 0.15) is 5.69 Å². The quantitative estimate of drug-likeness (QED) is 0.358. The molecule has 1 heterocycles. The highest BCUT2D eigenvalue weighted by atomic mass is 35.5. The summed E-state index contributed by atoms with van der Waals surface area (Å²) in [5, 5.41) is 3.86. The molecule has 0 fully saturated rings. The van der Waals surface area contributed by atoms with Crippen molar-refractivity contribution in [3.05, 3.63) is 80.2 Å². The lowest BCUT2D eigenvalue weighted by atomic mass is 10.2. The molecule has 0 aliphatic heterocycles. The topological polar surface area (TPSA) is 74.5 Å². The number of hydrogen-bond donors (Lipinski definition) is 1. The first-order valence-corrected chi connectivity index (χ1v) is 12.5. The third kappa shape index (κ3) is 4.82. The molecule has 7 nitrogen and oxygen atoms in total. The molecule has 0 spiro atoms. The van der Waals surface area contributed by atoms with Crippen LogP contribution in [0.2, 0.25) is 10.0 Å². The molecular formula is C22H26Cl2N3O4P. The lowest BCUT2D eigenvalue weighted by Gasteiger charge is -2.28. The fourth-order valence-electron chi connectivity index (χ4n) is 3.47. The summed E-state index contributed by atoms with van der Waals surface area (Å²) in [6.07, 6.45) is 0. The van der Waals surface area contributed by atoms with E-state index in [-0.39, 0.29) is 29.5 Å². The summed E-state index contributed by atoms with van der Waals surface area (Å²) in [5.41, 5.74) is 1.77. The zero-order chi connectivity index (χ0) is 23.5. The number of nitrogens with zero attached hydrogens (tertiary/aromatic N) is 2. The van der Waals surface area contributed by atoms with Gasteiger partial charge in [0.2, 0.25) is 0 Å². The Morgan fingerprint density at radius 3 is 2.25 bits per heavy atom. The summed E-state index contributed by atoms with van der Waals surface area (Å²) in [7, 11) is -1.99. The molecule has 0 aliphatic carbocycles. The number of rotatable bonds is 9. The number of hydrogen-bond acceptors (Lipinski definition) is 5. The number of anilines is 1. The molecule has 1 atom stereocenters. The Bertz CT molecular complexity index is 1180. The van der Waals surface area contributed by atoms with E-state index in [2.05, 4.69) is 5.32 Å². The molecule has 1 N–H and O–H groups in total. The number of aromatic nitrogens is 2. The summed E-state index contributed by atoms with van der Waals surface area (Å²) in [4.78, 5) is 13.4. The maximum Gasteiger partial charge on any atom is 0.357 e. The van der Waals surface area contributed by atoms with Gasteiger partial charge in [0.25, 0.3) is 5.56 Å². The van der Waals surface area contributed by atoms with Crippen molar-refractivity contribution in [2.45, 2.75) is 26.6 Å². The largest absolute Gasteiger partial charge is 0.362 e. The summed E-state index contributed by atoms with van der Waals surface area (Å²) in [6.45, 7) is 5.56. The van der Waals surface area contributed by atoms with E-state index in [4.69, 9.17) is 32.2 Å². The van der Waals surface area contributed by atoms with Gasteiger partial charge in [-0.15, -0.1) is 0 Å². The van der Waals surface area contributed by atoms with Crippen molar-refractivity contribution in [1.82, 2.24) is 9.36 Å². The van der Waals surface area contributed by atoms with Crippen LogP contribution in [0.3, 0.4) is 0 Å². The van der Waals surface area contributed by atoms with E-state index < -0.39 is 13.4 Å². The maximum atomic E-state index is 13.8. The molecule has 1 aromatic heterocycles. The van der Waals surface area contributed by atoms with Gasteiger partial charge in [-0.2, -0.15) is 0 Å². The number of para-hydroxylation sites is 1. The highest BCUT2D eigenvalue weighted by molar-refractivity contribution is 7.54. The molecule has 3 rings (SSSR count). The summed E-state index contributed by atoms with van der Waals surface area (Å²) >= 11 is 12.5. The first-order chi connectivity index (χ1) is 15.2. The normalized spacial score (nSPS) is 12.7. The van der Waals surface area contributed by atoms with E-state index >= 15 is 0 Å². The SMILES string of the molecule is CCOP(=O)(OCC)[C@@H](Nc1c(C)n(C)n(-c2ccccc2)c1=O)c1ccc(Cl)cc1Cl. The van der Waals surface area contributed by atoms with Crippen LogP contribution in [0.25, 0.3) is 5.69 Å². The number of halogens is 2. The Labute approximate surface area is 197 Å². The molecule has 0 aliphatic rings. The molecule has 0 saturated heterocycles. The van der Waals surface area contributed by atoms with Crippen LogP contribution in [0.15, 0.2) is 53.3 Å². The first kappa shape index (κ1) is 24.6. The number of nitrogens with one attached hydrogen (secondary N) is 1. The average Bonchev–Trinajstić information content (AvgIpc) is 2.96. The molecule has 0 amide bonds. The van der Waals surface area contributed by atoms with Crippen molar-refractivity contribution in [3.63, 3.8) is 0 Å². The molecule has 3 aromatic rings. The van der Waals surface area contributed by atoms with Crippen molar-refractivity contribution >= 4 is 36.5 Å². The maximum absolute atomic E-state index is 13.8. The Kier molecular flexibility index (Phi) is 7.91. The van der Waals surface area contributed by atoms with E-state index in [0.717, 1.165) is 0 Å². The average molecular weight is 498 g/mol. The molecule has 32 heavy (non-hydrogen) atoms. The Morgan fingerprint density at radius 1 is 1.06 bits per heavy atom. The zero-order valence-corrected chi connectivity index (χ0v) is 20.7.